The molecule has 2 atom stereocenters. The number of nitrogens with one attached hydrogen (secondary N) is 2. The van der Waals surface area contributed by atoms with Gasteiger partial charge in [-0.25, -0.2) is 0 Å². The summed E-state index contributed by atoms with van der Waals surface area (Å²) in [6.45, 7) is 2.63. The number of fused-ring (bicyclic) bond motifs is 1. The number of halogens is 1. The summed E-state index contributed by atoms with van der Waals surface area (Å²) >= 11 is 8.76. The molecule has 2 aliphatic rings. The lowest BCUT2D eigenvalue weighted by atomic mass is 10.1. The van der Waals surface area contributed by atoms with Crippen molar-refractivity contribution in [1.29, 1.82) is 0 Å². The van der Waals surface area contributed by atoms with Crippen LogP contribution < -0.4 is 10.6 Å². The van der Waals surface area contributed by atoms with E-state index in [4.69, 9.17) is 16.3 Å². The Bertz CT molecular complexity index is 1030. The molecule has 0 saturated carbocycles. The number of carbonyl (C=O) groups excluding carboxylic acids is 3. The van der Waals surface area contributed by atoms with Crippen molar-refractivity contribution in [2.45, 2.75) is 31.3 Å². The first-order chi connectivity index (χ1) is 16.3. The molecule has 2 aromatic heterocycles. The first kappa shape index (κ1) is 25.1. The molecule has 184 valence electrons. The molecule has 0 aliphatic carbocycles. The summed E-state index contributed by atoms with van der Waals surface area (Å²) in [6, 6.07) is 4.98. The van der Waals surface area contributed by atoms with Crippen LogP contribution in [0, 0.1) is 0 Å². The molecule has 0 bridgehead atoms. The Labute approximate surface area is 212 Å². The molecule has 2 aromatic rings. The average Bonchev–Trinajstić information content (AvgIpc) is 3.50. The lowest BCUT2D eigenvalue weighted by Crippen LogP contribution is -2.44. The molecule has 4 rings (SSSR count). The molecule has 1 saturated heterocycles. The summed E-state index contributed by atoms with van der Waals surface area (Å²) in [5.74, 6) is -0.485. The number of likely N-dealkylation sites (N-methyl/N-ethyl adjacent to an activating group) is 1. The third-order valence-electron chi connectivity index (χ3n) is 6.21. The maximum atomic E-state index is 13.6. The number of rotatable bonds is 7. The maximum absolute atomic E-state index is 13.6. The predicted octanol–water partition coefficient (Wildman–Crippen LogP) is 2.27. The van der Waals surface area contributed by atoms with Crippen LogP contribution >= 0.6 is 34.3 Å². The van der Waals surface area contributed by atoms with Crippen molar-refractivity contribution >= 4 is 52.0 Å². The molecule has 4 heterocycles. The number of hydrogen-bond donors (Lipinski definition) is 2. The number of ether oxygens (including phenoxy) is 1. The molecule has 0 unspecified atom stereocenters. The van der Waals surface area contributed by atoms with Gasteiger partial charge in [0, 0.05) is 44.2 Å². The molecule has 8 nitrogen and oxygen atoms in total. The largest absolute Gasteiger partial charge is 0.375 e. The van der Waals surface area contributed by atoms with E-state index in [0.717, 1.165) is 30.8 Å². The second-order valence-corrected chi connectivity index (χ2v) is 11.6. The molecule has 11 heteroatoms. The average molecular weight is 525 g/mol. The van der Waals surface area contributed by atoms with Crippen LogP contribution in [0.1, 0.15) is 36.2 Å². The first-order valence-electron chi connectivity index (χ1n) is 11.3. The number of amides is 3. The van der Waals surface area contributed by atoms with E-state index in [1.807, 2.05) is 6.07 Å². The van der Waals surface area contributed by atoms with Crippen molar-refractivity contribution in [2.75, 3.05) is 46.9 Å². The van der Waals surface area contributed by atoms with E-state index in [2.05, 4.69) is 22.6 Å². The Morgan fingerprint density at radius 2 is 1.97 bits per heavy atom. The molecule has 0 spiro atoms. The van der Waals surface area contributed by atoms with Crippen molar-refractivity contribution < 1.29 is 19.1 Å². The van der Waals surface area contributed by atoms with Gasteiger partial charge in [-0.3, -0.25) is 14.4 Å². The van der Waals surface area contributed by atoms with Crippen molar-refractivity contribution in [2.24, 2.45) is 0 Å². The molecule has 0 aromatic carbocycles. The van der Waals surface area contributed by atoms with E-state index in [9.17, 15) is 14.4 Å². The van der Waals surface area contributed by atoms with Gasteiger partial charge >= 0.3 is 0 Å². The Kier molecular flexibility index (Phi) is 8.26. The van der Waals surface area contributed by atoms with Crippen LogP contribution in [0.4, 0.5) is 0 Å². The number of nitrogens with zero attached hydrogens (tertiary/aromatic N) is 2. The predicted molar refractivity (Wildman–Crippen MR) is 134 cm³/mol. The number of thiophene rings is 2. The lowest BCUT2D eigenvalue weighted by Gasteiger charge is -2.24. The van der Waals surface area contributed by atoms with Crippen molar-refractivity contribution in [3.05, 3.63) is 42.7 Å². The highest BCUT2D eigenvalue weighted by Gasteiger charge is 2.37. The van der Waals surface area contributed by atoms with Crippen LogP contribution in [0.15, 0.2) is 18.2 Å². The van der Waals surface area contributed by atoms with Crippen LogP contribution in [0.2, 0.25) is 4.34 Å². The smallest absolute Gasteiger partial charge is 0.264 e. The summed E-state index contributed by atoms with van der Waals surface area (Å²) in [4.78, 5) is 44.8. The highest BCUT2D eigenvalue weighted by Crippen LogP contribution is 2.30. The van der Waals surface area contributed by atoms with Crippen LogP contribution in [0.3, 0.4) is 0 Å². The second-order valence-electron chi connectivity index (χ2n) is 8.72. The van der Waals surface area contributed by atoms with Gasteiger partial charge in [0.05, 0.1) is 20.1 Å². The van der Waals surface area contributed by atoms with Crippen LogP contribution in [-0.4, -0.2) is 86.5 Å². The van der Waals surface area contributed by atoms with E-state index >= 15 is 0 Å². The Morgan fingerprint density at radius 1 is 1.18 bits per heavy atom. The van der Waals surface area contributed by atoms with Gasteiger partial charge in [0.15, 0.2) is 0 Å². The van der Waals surface area contributed by atoms with Crippen LogP contribution in [-0.2, 0) is 22.4 Å². The fourth-order valence-electron chi connectivity index (χ4n) is 4.42. The zero-order valence-corrected chi connectivity index (χ0v) is 21.7. The molecule has 0 radical (unpaired) electrons. The highest BCUT2D eigenvalue weighted by atomic mass is 35.5. The Morgan fingerprint density at radius 3 is 2.71 bits per heavy atom. The second kappa shape index (κ2) is 11.2. The minimum Gasteiger partial charge on any atom is -0.375 e. The minimum absolute atomic E-state index is 0.0357. The van der Waals surface area contributed by atoms with Gasteiger partial charge in [-0.05, 0) is 50.1 Å². The van der Waals surface area contributed by atoms with Crippen molar-refractivity contribution in [3.8, 4) is 0 Å². The molecule has 34 heavy (non-hydrogen) atoms. The van der Waals surface area contributed by atoms with Crippen molar-refractivity contribution in [1.82, 2.24) is 20.4 Å². The fraction of sp³-hybridized carbons (Fsp3) is 0.522. The van der Waals surface area contributed by atoms with Gasteiger partial charge in [0.2, 0.25) is 5.91 Å². The summed E-state index contributed by atoms with van der Waals surface area (Å²) in [6.07, 6.45) is 2.44. The fourth-order valence-corrected chi connectivity index (χ4v) is 6.53. The third kappa shape index (κ3) is 5.98. The monoisotopic (exact) mass is 524 g/mol. The molecular weight excluding hydrogens is 496 g/mol. The first-order valence-corrected chi connectivity index (χ1v) is 13.3. The number of methoxy groups -OCH3 is 1. The maximum Gasteiger partial charge on any atom is 0.264 e. The van der Waals surface area contributed by atoms with E-state index < -0.39 is 0 Å². The summed E-state index contributed by atoms with van der Waals surface area (Å²) in [5.41, 5.74) is 1.25. The van der Waals surface area contributed by atoms with Gasteiger partial charge in [-0.2, -0.15) is 0 Å². The highest BCUT2D eigenvalue weighted by molar-refractivity contribution is 7.18. The van der Waals surface area contributed by atoms with E-state index in [0.29, 0.717) is 28.7 Å². The topological polar surface area (TPSA) is 91.0 Å². The molecule has 3 amide bonds. The van der Waals surface area contributed by atoms with Crippen LogP contribution in [0.5, 0.6) is 0 Å². The van der Waals surface area contributed by atoms with Crippen molar-refractivity contribution in [3.63, 3.8) is 0 Å². The number of carbonyl (C=O) groups is 3. The minimum atomic E-state index is -0.234. The van der Waals surface area contributed by atoms with E-state index in [1.54, 1.807) is 28.4 Å². The van der Waals surface area contributed by atoms with Crippen LogP contribution in [0.25, 0.3) is 0 Å². The summed E-state index contributed by atoms with van der Waals surface area (Å²) in [7, 11) is 3.58. The molecule has 2 N–H and O–H groups in total. The van der Waals surface area contributed by atoms with Gasteiger partial charge in [-0.15, -0.1) is 22.7 Å². The number of likely N-dealkylation sites (tertiary alicyclic amines) is 1. The summed E-state index contributed by atoms with van der Waals surface area (Å²) in [5, 5.41) is 5.87. The molecule has 2 aliphatic heterocycles. The molecule has 1 fully saturated rings. The summed E-state index contributed by atoms with van der Waals surface area (Å²) < 4.78 is 5.44. The molecular formula is C23H29ClN4O4S2. The van der Waals surface area contributed by atoms with Gasteiger partial charge in [0.25, 0.3) is 11.8 Å². The Balaban J connectivity index is 1.47. The van der Waals surface area contributed by atoms with Gasteiger partial charge in [-0.1, -0.05) is 11.6 Å². The normalized spacial score (nSPS) is 20.6. The Hall–Kier alpha value is -1.98. The van der Waals surface area contributed by atoms with E-state index in [1.165, 1.54) is 28.9 Å². The standard InChI is InChI=1S/C23H29ClN4O4S2/c1-27-7-5-14-9-19(33-17(14)6-8-27)23(31)28-12-15(10-16(28)11-25-21(29)13-32-2)26-22(30)18-3-4-20(24)34-18/h3-4,9,15-16H,5-8,10-13H2,1-2H3,(H,25,29)(H,26,30)/t15-,16+/m1/s1. The number of hydrogen-bond acceptors (Lipinski definition) is 7. The SMILES string of the molecule is COCC(=O)NC[C@@H]1C[C@@H](NC(=O)c2ccc(Cl)s2)CN1C(=O)c1cc2c(s1)CCN(C)CC2. The zero-order chi connectivity index (χ0) is 24.2. The van der Waals surface area contributed by atoms with Gasteiger partial charge in [0.1, 0.15) is 6.61 Å². The zero-order valence-electron chi connectivity index (χ0n) is 19.3. The third-order valence-corrected chi connectivity index (χ3v) is 8.66. The quantitative estimate of drug-likeness (QED) is 0.580. The van der Waals surface area contributed by atoms with Gasteiger partial charge < -0.3 is 25.2 Å². The van der Waals surface area contributed by atoms with E-state index in [-0.39, 0.29) is 36.4 Å². The lowest BCUT2D eigenvalue weighted by molar-refractivity contribution is -0.124.